The SMILES string of the molecule is CCCC[Si]1CCC(CCCCC2CCC(c3ccc(OC=C(F)F)c(F)c3)CC2)CC1. The van der Waals surface area contributed by atoms with Crippen LogP contribution in [0.25, 0.3) is 0 Å². The molecule has 0 amide bonds. The third kappa shape index (κ3) is 8.28. The largest absolute Gasteiger partial charge is 0.456 e. The first-order chi connectivity index (χ1) is 15.5. The second-order valence-electron chi connectivity index (χ2n) is 10.0. The lowest BCUT2D eigenvalue weighted by atomic mass is 9.77. The van der Waals surface area contributed by atoms with Gasteiger partial charge in [0.25, 0.3) is 0 Å². The number of ether oxygens (including phenoxy) is 1. The van der Waals surface area contributed by atoms with Gasteiger partial charge in [0.2, 0.25) is 0 Å². The van der Waals surface area contributed by atoms with E-state index in [-0.39, 0.29) is 20.8 Å². The van der Waals surface area contributed by atoms with Gasteiger partial charge in [-0.1, -0.05) is 82.5 Å². The van der Waals surface area contributed by atoms with Crippen LogP contribution in [0.2, 0.25) is 18.1 Å². The maximum Gasteiger partial charge on any atom is 0.305 e. The Hall–Kier alpha value is -1.23. The van der Waals surface area contributed by atoms with Gasteiger partial charge in [-0.2, -0.15) is 8.78 Å². The van der Waals surface area contributed by atoms with E-state index in [1.807, 2.05) is 6.07 Å². The standard InChI is InChI=1S/C27H40F3OSi/c1-2-3-16-32-17-14-22(15-18-32)7-5-4-6-21-8-10-23(11-9-21)24-12-13-26(25(28)19-24)31-20-27(29)30/h12-13,19-23H,2-11,14-18H2,1H3. The van der Waals surface area contributed by atoms with Crippen LogP contribution < -0.4 is 4.74 Å². The molecule has 2 fully saturated rings. The lowest BCUT2D eigenvalue weighted by Crippen LogP contribution is -2.21. The van der Waals surface area contributed by atoms with Gasteiger partial charge < -0.3 is 4.74 Å². The van der Waals surface area contributed by atoms with Crippen molar-refractivity contribution in [2.75, 3.05) is 0 Å². The number of halogens is 3. The molecule has 1 heterocycles. The van der Waals surface area contributed by atoms with Crippen LogP contribution in [0.4, 0.5) is 13.2 Å². The average molecular weight is 466 g/mol. The number of unbranched alkanes of at least 4 members (excludes halogenated alkanes) is 2. The van der Waals surface area contributed by atoms with Crippen molar-refractivity contribution >= 4 is 8.80 Å². The van der Waals surface area contributed by atoms with E-state index in [4.69, 9.17) is 4.74 Å². The van der Waals surface area contributed by atoms with Crippen molar-refractivity contribution in [1.29, 1.82) is 0 Å². The first-order valence-electron chi connectivity index (χ1n) is 12.9. The average Bonchev–Trinajstić information content (AvgIpc) is 2.81. The molecule has 3 rings (SSSR count). The molecule has 0 spiro atoms. The van der Waals surface area contributed by atoms with E-state index in [9.17, 15) is 13.2 Å². The van der Waals surface area contributed by atoms with Crippen molar-refractivity contribution < 1.29 is 17.9 Å². The van der Waals surface area contributed by atoms with E-state index in [2.05, 4.69) is 6.92 Å². The molecule has 1 saturated carbocycles. The molecule has 0 N–H and O–H groups in total. The molecule has 0 atom stereocenters. The minimum atomic E-state index is -1.97. The summed E-state index contributed by atoms with van der Waals surface area (Å²) >= 11 is 0. The third-order valence-electron chi connectivity index (χ3n) is 7.72. The zero-order chi connectivity index (χ0) is 22.8. The number of hydrogen-bond donors (Lipinski definition) is 0. The Kier molecular flexibility index (Phi) is 10.7. The Morgan fingerprint density at radius 1 is 0.969 bits per heavy atom. The fourth-order valence-corrected chi connectivity index (χ4v) is 8.91. The Morgan fingerprint density at radius 2 is 1.62 bits per heavy atom. The van der Waals surface area contributed by atoms with Crippen LogP contribution in [0.5, 0.6) is 5.75 Å². The molecule has 1 aliphatic heterocycles. The highest BCUT2D eigenvalue weighted by Crippen LogP contribution is 2.39. The van der Waals surface area contributed by atoms with E-state index in [1.54, 1.807) is 18.1 Å². The summed E-state index contributed by atoms with van der Waals surface area (Å²) < 4.78 is 43.1. The highest BCUT2D eigenvalue weighted by Gasteiger charge is 2.24. The summed E-state index contributed by atoms with van der Waals surface area (Å²) in [5.74, 6) is 1.47. The van der Waals surface area contributed by atoms with E-state index < -0.39 is 11.9 Å². The van der Waals surface area contributed by atoms with E-state index in [0.29, 0.717) is 5.92 Å². The number of benzene rings is 1. The Morgan fingerprint density at radius 3 is 2.22 bits per heavy atom. The second kappa shape index (κ2) is 13.5. The Bertz CT molecular complexity index is 703. The molecule has 5 heteroatoms. The van der Waals surface area contributed by atoms with Crippen molar-refractivity contribution in [2.45, 2.75) is 108 Å². The zero-order valence-corrected chi connectivity index (χ0v) is 20.7. The van der Waals surface area contributed by atoms with E-state index >= 15 is 0 Å². The van der Waals surface area contributed by atoms with Gasteiger partial charge in [-0.05, 0) is 61.1 Å². The van der Waals surface area contributed by atoms with Gasteiger partial charge in [0.15, 0.2) is 17.8 Å². The summed E-state index contributed by atoms with van der Waals surface area (Å²) in [5.41, 5.74) is 0.968. The topological polar surface area (TPSA) is 9.23 Å². The molecule has 1 aliphatic carbocycles. The van der Waals surface area contributed by atoms with Gasteiger partial charge in [-0.3, -0.25) is 0 Å². The summed E-state index contributed by atoms with van der Waals surface area (Å²) in [6.07, 6.45) is 14.3. The predicted molar refractivity (Wildman–Crippen MR) is 128 cm³/mol. The molecule has 0 unspecified atom stereocenters. The van der Waals surface area contributed by atoms with Crippen molar-refractivity contribution in [3.63, 3.8) is 0 Å². The molecule has 32 heavy (non-hydrogen) atoms. The lowest BCUT2D eigenvalue weighted by Gasteiger charge is -2.29. The normalized spacial score (nSPS) is 22.6. The van der Waals surface area contributed by atoms with Crippen molar-refractivity contribution in [1.82, 2.24) is 0 Å². The summed E-state index contributed by atoms with van der Waals surface area (Å²) in [4.78, 5) is 0. The smallest absolute Gasteiger partial charge is 0.305 e. The van der Waals surface area contributed by atoms with Gasteiger partial charge in [0.1, 0.15) is 0 Å². The molecule has 1 radical (unpaired) electrons. The summed E-state index contributed by atoms with van der Waals surface area (Å²) in [7, 11) is 0.00770. The molecule has 1 aromatic rings. The minimum Gasteiger partial charge on any atom is -0.456 e. The highest BCUT2D eigenvalue weighted by molar-refractivity contribution is 6.58. The summed E-state index contributed by atoms with van der Waals surface area (Å²) in [6.45, 7) is 2.31. The molecule has 179 valence electrons. The van der Waals surface area contributed by atoms with Crippen LogP contribution in [-0.2, 0) is 0 Å². The van der Waals surface area contributed by atoms with Crippen LogP contribution in [0.15, 0.2) is 30.5 Å². The van der Waals surface area contributed by atoms with Crippen LogP contribution in [0, 0.1) is 17.7 Å². The van der Waals surface area contributed by atoms with Crippen molar-refractivity contribution in [2.24, 2.45) is 11.8 Å². The number of hydrogen-bond acceptors (Lipinski definition) is 1. The van der Waals surface area contributed by atoms with Crippen LogP contribution >= 0.6 is 0 Å². The fraction of sp³-hybridized carbons (Fsp3) is 0.704. The van der Waals surface area contributed by atoms with Crippen molar-refractivity contribution in [3.05, 3.63) is 41.9 Å². The molecular formula is C27H40F3OSi. The lowest BCUT2D eigenvalue weighted by molar-refractivity contribution is 0.296. The number of rotatable bonds is 11. The molecule has 1 saturated heterocycles. The van der Waals surface area contributed by atoms with Gasteiger partial charge in [-0.25, -0.2) is 4.39 Å². The molecule has 1 nitrogen and oxygen atoms in total. The maximum atomic E-state index is 14.2. The first-order valence-corrected chi connectivity index (χ1v) is 15.0. The Labute approximate surface area is 194 Å². The minimum absolute atomic E-state index is 0.00770. The Balaban J connectivity index is 1.30. The van der Waals surface area contributed by atoms with Gasteiger partial charge in [-0.15, -0.1) is 0 Å². The van der Waals surface area contributed by atoms with Crippen LogP contribution in [0.1, 0.15) is 95.5 Å². The van der Waals surface area contributed by atoms with E-state index in [0.717, 1.165) is 30.2 Å². The second-order valence-corrected chi connectivity index (χ2v) is 13.0. The molecule has 1 aromatic carbocycles. The van der Waals surface area contributed by atoms with Crippen LogP contribution in [0.3, 0.4) is 0 Å². The van der Waals surface area contributed by atoms with Crippen molar-refractivity contribution in [3.8, 4) is 5.75 Å². The molecular weight excluding hydrogens is 425 g/mol. The quantitative estimate of drug-likeness (QED) is 0.180. The fourth-order valence-electron chi connectivity index (χ4n) is 5.68. The molecule has 2 aliphatic rings. The third-order valence-corrected chi connectivity index (χ3v) is 10.8. The van der Waals surface area contributed by atoms with Gasteiger partial charge in [0, 0.05) is 8.80 Å². The zero-order valence-electron chi connectivity index (χ0n) is 19.7. The molecule has 0 bridgehead atoms. The summed E-state index contributed by atoms with van der Waals surface area (Å²) in [5, 5.41) is 0. The van der Waals surface area contributed by atoms with Crippen LogP contribution in [-0.4, -0.2) is 8.80 Å². The molecule has 0 aromatic heterocycles. The first kappa shape index (κ1) is 25.4. The van der Waals surface area contributed by atoms with Gasteiger partial charge in [0.05, 0.1) is 0 Å². The van der Waals surface area contributed by atoms with Gasteiger partial charge >= 0.3 is 6.08 Å². The summed E-state index contributed by atoms with van der Waals surface area (Å²) in [6, 6.07) is 9.44. The monoisotopic (exact) mass is 465 g/mol. The van der Waals surface area contributed by atoms with E-state index in [1.165, 1.54) is 76.3 Å². The maximum absolute atomic E-state index is 14.2. The highest BCUT2D eigenvalue weighted by atomic mass is 28.3. The predicted octanol–water partition coefficient (Wildman–Crippen LogP) is 9.48.